The summed E-state index contributed by atoms with van der Waals surface area (Å²) in [6, 6.07) is 18.1. The monoisotopic (exact) mass is 361 g/mol. The van der Waals surface area contributed by atoms with Gasteiger partial charge in [-0.1, -0.05) is 36.4 Å². The Labute approximate surface area is 162 Å². The van der Waals surface area contributed by atoms with Crippen molar-refractivity contribution in [3.05, 3.63) is 77.9 Å². The minimum Gasteiger partial charge on any atom is -0.508 e. The highest BCUT2D eigenvalue weighted by Gasteiger charge is 2.35. The predicted octanol–water partition coefficient (Wildman–Crippen LogP) is 3.93. The first-order valence-corrected chi connectivity index (χ1v) is 9.43. The number of phenols is 1. The van der Waals surface area contributed by atoms with Gasteiger partial charge in [-0.05, 0) is 43.2 Å². The molecule has 1 aliphatic heterocycles. The molecule has 0 bridgehead atoms. The number of nitriles is 1. The molecule has 1 fully saturated rings. The highest BCUT2D eigenvalue weighted by Crippen LogP contribution is 2.35. The first-order valence-electron chi connectivity index (χ1n) is 9.43. The van der Waals surface area contributed by atoms with Crippen molar-refractivity contribution in [1.29, 1.82) is 5.26 Å². The van der Waals surface area contributed by atoms with Gasteiger partial charge in [0.15, 0.2) is 0 Å². The maximum atomic E-state index is 10.1. The Balaban J connectivity index is 2.05. The van der Waals surface area contributed by atoms with E-state index in [1.807, 2.05) is 48.5 Å². The van der Waals surface area contributed by atoms with Crippen molar-refractivity contribution in [2.45, 2.75) is 32.0 Å². The van der Waals surface area contributed by atoms with Crippen LogP contribution >= 0.6 is 0 Å². The molecule has 0 saturated carbocycles. The Morgan fingerprint density at radius 3 is 2.67 bits per heavy atom. The molecule has 4 nitrogen and oxygen atoms in total. The lowest BCUT2D eigenvalue weighted by atomic mass is 9.90. The van der Waals surface area contributed by atoms with Crippen molar-refractivity contribution in [3.63, 3.8) is 0 Å². The zero-order valence-corrected chi connectivity index (χ0v) is 16.0. The van der Waals surface area contributed by atoms with Gasteiger partial charge in [0.25, 0.3) is 0 Å². The summed E-state index contributed by atoms with van der Waals surface area (Å²) in [6.07, 6.45) is 1.95. The van der Waals surface area contributed by atoms with Crippen LogP contribution in [0.2, 0.25) is 0 Å². The minimum absolute atomic E-state index is 0.0729. The third-order valence-corrected chi connectivity index (χ3v) is 5.42. The third kappa shape index (κ3) is 4.05. The van der Waals surface area contributed by atoms with E-state index < -0.39 is 0 Å². The standard InChI is InChI=1S/C23H27N3O/c1-4-12-25-15-18(3)26(16-17(25)2)23(19-9-7-10-21(27)13-19)22-11-6-5-8-20(22)14-24/h4-11,13,17-18,23,27H,1,12,15-16H2,2-3H3/t17?,18-,23?/m1/s1. The molecule has 2 aromatic carbocycles. The van der Waals surface area contributed by atoms with Crippen LogP contribution in [0.15, 0.2) is 61.2 Å². The number of aromatic hydroxyl groups is 1. The lowest BCUT2D eigenvalue weighted by Gasteiger charge is -2.47. The molecule has 140 valence electrons. The van der Waals surface area contributed by atoms with E-state index in [4.69, 9.17) is 0 Å². The van der Waals surface area contributed by atoms with Crippen LogP contribution in [0.25, 0.3) is 0 Å². The number of benzene rings is 2. The molecule has 2 unspecified atom stereocenters. The van der Waals surface area contributed by atoms with Crippen LogP contribution < -0.4 is 0 Å². The molecule has 2 aromatic rings. The number of piperazine rings is 1. The zero-order chi connectivity index (χ0) is 19.4. The fourth-order valence-electron chi connectivity index (χ4n) is 4.09. The summed E-state index contributed by atoms with van der Waals surface area (Å²) < 4.78 is 0. The van der Waals surface area contributed by atoms with Crippen LogP contribution in [0.3, 0.4) is 0 Å². The fraction of sp³-hybridized carbons (Fsp3) is 0.348. The molecule has 3 atom stereocenters. The van der Waals surface area contributed by atoms with Gasteiger partial charge in [0.1, 0.15) is 5.75 Å². The number of rotatable bonds is 5. The van der Waals surface area contributed by atoms with Gasteiger partial charge in [0.05, 0.1) is 17.7 Å². The van der Waals surface area contributed by atoms with Gasteiger partial charge in [0, 0.05) is 31.7 Å². The van der Waals surface area contributed by atoms with Crippen molar-refractivity contribution >= 4 is 0 Å². The Bertz CT molecular complexity index is 842. The van der Waals surface area contributed by atoms with E-state index in [1.54, 1.807) is 6.07 Å². The predicted molar refractivity (Wildman–Crippen MR) is 109 cm³/mol. The number of nitrogens with zero attached hydrogens (tertiary/aromatic N) is 3. The van der Waals surface area contributed by atoms with E-state index in [1.165, 1.54) is 0 Å². The topological polar surface area (TPSA) is 50.5 Å². The maximum Gasteiger partial charge on any atom is 0.115 e. The number of hydrogen-bond acceptors (Lipinski definition) is 4. The first-order chi connectivity index (χ1) is 13.0. The molecule has 1 heterocycles. The normalized spacial score (nSPS) is 22.1. The van der Waals surface area contributed by atoms with Gasteiger partial charge >= 0.3 is 0 Å². The highest BCUT2D eigenvalue weighted by atomic mass is 16.3. The molecule has 4 heteroatoms. The first kappa shape index (κ1) is 19.2. The molecule has 1 N–H and O–H groups in total. The molecule has 0 aliphatic carbocycles. The van der Waals surface area contributed by atoms with E-state index in [-0.39, 0.29) is 11.8 Å². The van der Waals surface area contributed by atoms with E-state index in [2.05, 4.69) is 36.3 Å². The number of phenolic OH excluding ortho intramolecular Hbond substituents is 1. The molecule has 0 radical (unpaired) electrons. The van der Waals surface area contributed by atoms with Crippen molar-refractivity contribution in [1.82, 2.24) is 9.80 Å². The molecular weight excluding hydrogens is 334 g/mol. The smallest absolute Gasteiger partial charge is 0.115 e. The largest absolute Gasteiger partial charge is 0.508 e. The summed E-state index contributed by atoms with van der Waals surface area (Å²) in [4.78, 5) is 4.89. The molecule has 27 heavy (non-hydrogen) atoms. The van der Waals surface area contributed by atoms with Crippen molar-refractivity contribution in [2.24, 2.45) is 0 Å². The second kappa shape index (κ2) is 8.39. The lowest BCUT2D eigenvalue weighted by Crippen LogP contribution is -2.57. The fourth-order valence-corrected chi connectivity index (χ4v) is 4.09. The van der Waals surface area contributed by atoms with Crippen molar-refractivity contribution in [2.75, 3.05) is 19.6 Å². The molecule has 0 amide bonds. The van der Waals surface area contributed by atoms with Gasteiger partial charge in [-0.25, -0.2) is 0 Å². The van der Waals surface area contributed by atoms with E-state index >= 15 is 0 Å². The molecule has 0 spiro atoms. The van der Waals surface area contributed by atoms with Gasteiger partial charge in [-0.2, -0.15) is 5.26 Å². The van der Waals surface area contributed by atoms with Crippen molar-refractivity contribution in [3.8, 4) is 11.8 Å². The summed E-state index contributed by atoms with van der Waals surface area (Å²) in [5.41, 5.74) is 2.68. The van der Waals surface area contributed by atoms with Gasteiger partial charge < -0.3 is 5.11 Å². The van der Waals surface area contributed by atoms with Gasteiger partial charge in [-0.15, -0.1) is 6.58 Å². The molecule has 3 rings (SSSR count). The maximum absolute atomic E-state index is 10.1. The van der Waals surface area contributed by atoms with Crippen LogP contribution in [0, 0.1) is 11.3 Å². The van der Waals surface area contributed by atoms with Crippen LogP contribution in [0.4, 0.5) is 0 Å². The van der Waals surface area contributed by atoms with Crippen LogP contribution in [-0.2, 0) is 0 Å². The molecular formula is C23H27N3O. The van der Waals surface area contributed by atoms with Crippen LogP contribution in [0.5, 0.6) is 5.75 Å². The Hall–Kier alpha value is -2.61. The minimum atomic E-state index is -0.0729. The molecule has 1 aliphatic rings. The van der Waals surface area contributed by atoms with E-state index in [0.29, 0.717) is 17.6 Å². The number of hydrogen-bond donors (Lipinski definition) is 1. The van der Waals surface area contributed by atoms with Crippen LogP contribution in [-0.4, -0.2) is 46.6 Å². The highest BCUT2D eigenvalue weighted by molar-refractivity contribution is 5.45. The molecule has 0 aromatic heterocycles. The lowest BCUT2D eigenvalue weighted by molar-refractivity contribution is 0.0305. The summed E-state index contributed by atoms with van der Waals surface area (Å²) in [7, 11) is 0. The summed E-state index contributed by atoms with van der Waals surface area (Å²) >= 11 is 0. The quantitative estimate of drug-likeness (QED) is 0.820. The van der Waals surface area contributed by atoms with Gasteiger partial charge in [-0.3, -0.25) is 9.80 Å². The summed E-state index contributed by atoms with van der Waals surface area (Å²) in [5, 5.41) is 19.7. The average molecular weight is 361 g/mol. The summed E-state index contributed by atoms with van der Waals surface area (Å²) in [6.45, 7) is 11.0. The Morgan fingerprint density at radius 2 is 1.96 bits per heavy atom. The third-order valence-electron chi connectivity index (χ3n) is 5.42. The Kier molecular flexibility index (Phi) is 5.95. The van der Waals surface area contributed by atoms with Crippen molar-refractivity contribution < 1.29 is 5.11 Å². The zero-order valence-electron chi connectivity index (χ0n) is 16.0. The van der Waals surface area contributed by atoms with E-state index in [9.17, 15) is 10.4 Å². The second-order valence-electron chi connectivity index (χ2n) is 7.33. The summed E-state index contributed by atoms with van der Waals surface area (Å²) in [5.74, 6) is 0.248. The SMILES string of the molecule is C=CCN1C[C@@H](C)N(C(c2cccc(O)c2)c2ccccc2C#N)CC1C. The Morgan fingerprint density at radius 1 is 1.19 bits per heavy atom. The van der Waals surface area contributed by atoms with Crippen LogP contribution in [0.1, 0.15) is 36.6 Å². The molecule has 1 saturated heterocycles. The van der Waals surface area contributed by atoms with Gasteiger partial charge in [0.2, 0.25) is 0 Å². The average Bonchev–Trinajstić information content (AvgIpc) is 2.66. The second-order valence-corrected chi connectivity index (χ2v) is 7.33. The van der Waals surface area contributed by atoms with E-state index in [0.717, 1.165) is 30.8 Å².